The fraction of sp³-hybridized carbons (Fsp3) is 0.222. The van der Waals surface area contributed by atoms with Crippen molar-refractivity contribution in [2.75, 3.05) is 6.54 Å². The van der Waals surface area contributed by atoms with Gasteiger partial charge in [0, 0.05) is 16.2 Å². The fourth-order valence-corrected chi connectivity index (χ4v) is 2.60. The first-order valence-corrected chi connectivity index (χ1v) is 7.21. The highest BCUT2D eigenvalue weighted by molar-refractivity contribution is 8.13. The molecule has 0 aliphatic carbocycles. The molecule has 0 radical (unpaired) electrons. The molecule has 0 saturated heterocycles. The predicted octanol–water partition coefficient (Wildman–Crippen LogP) is 2.26. The summed E-state index contributed by atoms with van der Waals surface area (Å²) in [6, 6.07) is 3.27. The van der Waals surface area contributed by atoms with Crippen LogP contribution >= 0.6 is 22.3 Å². The summed E-state index contributed by atoms with van der Waals surface area (Å²) in [5.74, 6) is -0.839. The molecule has 0 spiro atoms. The molecular weight excluding hydrogens is 311 g/mol. The van der Waals surface area contributed by atoms with E-state index in [-0.39, 0.29) is 10.6 Å². The Balaban J connectivity index is 3.02. The van der Waals surface area contributed by atoms with Crippen LogP contribution in [0.3, 0.4) is 0 Å². The molecule has 1 amide bonds. The van der Waals surface area contributed by atoms with E-state index in [1.165, 1.54) is 6.07 Å². The molecule has 4 nitrogen and oxygen atoms in total. The van der Waals surface area contributed by atoms with Crippen LogP contribution in [0.5, 0.6) is 0 Å². The van der Waals surface area contributed by atoms with Gasteiger partial charge in [-0.05, 0) is 18.2 Å². The molecule has 0 unspecified atom stereocenters. The van der Waals surface area contributed by atoms with E-state index in [1.54, 1.807) is 0 Å². The van der Waals surface area contributed by atoms with Gasteiger partial charge in [-0.25, -0.2) is 17.2 Å². The summed E-state index contributed by atoms with van der Waals surface area (Å²) >= 11 is 5.60. The largest absolute Gasteiger partial charge is 0.346 e. The van der Waals surface area contributed by atoms with Crippen molar-refractivity contribution in [3.8, 4) is 0 Å². The second kappa shape index (κ2) is 5.81. The van der Waals surface area contributed by atoms with Crippen LogP contribution in [-0.2, 0) is 9.05 Å². The molecule has 0 aromatic heterocycles. The van der Waals surface area contributed by atoms with Crippen LogP contribution < -0.4 is 5.32 Å². The lowest BCUT2D eigenvalue weighted by atomic mass is 10.2. The molecule has 1 rings (SSSR count). The summed E-state index contributed by atoms with van der Waals surface area (Å²) < 4.78 is 46.0. The lowest BCUT2D eigenvalue weighted by molar-refractivity contribution is 0.0891. The average Bonchev–Trinajstić information content (AvgIpc) is 2.24. The first kappa shape index (κ1) is 15.1. The Labute approximate surface area is 111 Å². The Morgan fingerprint density at radius 3 is 2.50 bits per heavy atom. The van der Waals surface area contributed by atoms with Crippen molar-refractivity contribution in [3.63, 3.8) is 0 Å². The molecule has 0 atom stereocenters. The van der Waals surface area contributed by atoms with E-state index in [2.05, 4.69) is 0 Å². The zero-order chi connectivity index (χ0) is 13.9. The highest BCUT2D eigenvalue weighted by Crippen LogP contribution is 2.25. The van der Waals surface area contributed by atoms with Gasteiger partial charge in [0.25, 0.3) is 21.4 Å². The smallest absolute Gasteiger partial charge is 0.262 e. The molecular formula is C9H7Cl2F2NO3S. The number of hydrogen-bond acceptors (Lipinski definition) is 3. The Kier molecular flexibility index (Phi) is 4.89. The van der Waals surface area contributed by atoms with Crippen LogP contribution in [0.4, 0.5) is 8.78 Å². The zero-order valence-electron chi connectivity index (χ0n) is 8.66. The minimum atomic E-state index is -4.11. The number of benzene rings is 1. The Morgan fingerprint density at radius 2 is 2.00 bits per heavy atom. The minimum Gasteiger partial charge on any atom is -0.346 e. The van der Waals surface area contributed by atoms with Crippen LogP contribution in [0.25, 0.3) is 0 Å². The summed E-state index contributed by atoms with van der Waals surface area (Å²) in [4.78, 5) is 11.0. The Morgan fingerprint density at radius 1 is 1.39 bits per heavy atom. The normalized spacial score (nSPS) is 11.6. The summed E-state index contributed by atoms with van der Waals surface area (Å²) in [5.41, 5.74) is -0.126. The Hall–Kier alpha value is -0.920. The van der Waals surface area contributed by atoms with Crippen LogP contribution in [0.15, 0.2) is 23.1 Å². The van der Waals surface area contributed by atoms with Crippen molar-refractivity contribution >= 4 is 37.2 Å². The SMILES string of the molecule is O=C(NCC(F)F)c1ccc(Cl)c(S(=O)(=O)Cl)c1. The molecule has 18 heavy (non-hydrogen) atoms. The van der Waals surface area contributed by atoms with E-state index in [4.69, 9.17) is 22.3 Å². The first-order chi connectivity index (χ1) is 8.21. The number of halogens is 4. The summed E-state index contributed by atoms with van der Waals surface area (Å²) in [5, 5.41) is 1.77. The molecule has 0 heterocycles. The van der Waals surface area contributed by atoms with Gasteiger partial charge in [-0.2, -0.15) is 0 Å². The van der Waals surface area contributed by atoms with Crippen molar-refractivity contribution in [2.45, 2.75) is 11.3 Å². The first-order valence-electron chi connectivity index (χ1n) is 4.52. The number of rotatable bonds is 4. The number of amides is 1. The Bertz CT molecular complexity index is 563. The highest BCUT2D eigenvalue weighted by atomic mass is 35.7. The molecule has 0 aliphatic rings. The summed E-state index contributed by atoms with van der Waals surface area (Å²) in [6.07, 6.45) is -2.70. The molecule has 100 valence electrons. The minimum absolute atomic E-state index is 0.126. The molecule has 0 fully saturated rings. The number of hydrogen-bond donors (Lipinski definition) is 1. The molecule has 1 aromatic carbocycles. The van der Waals surface area contributed by atoms with Gasteiger partial charge in [-0.15, -0.1) is 0 Å². The maximum Gasteiger partial charge on any atom is 0.262 e. The van der Waals surface area contributed by atoms with Gasteiger partial charge in [0.1, 0.15) is 4.90 Å². The molecule has 0 saturated carbocycles. The monoisotopic (exact) mass is 317 g/mol. The van der Waals surface area contributed by atoms with Crippen LogP contribution in [0.2, 0.25) is 5.02 Å². The van der Waals surface area contributed by atoms with Gasteiger partial charge in [-0.3, -0.25) is 4.79 Å². The van der Waals surface area contributed by atoms with E-state index in [9.17, 15) is 22.0 Å². The van der Waals surface area contributed by atoms with Crippen molar-refractivity contribution in [3.05, 3.63) is 28.8 Å². The van der Waals surface area contributed by atoms with Gasteiger partial charge in [-0.1, -0.05) is 11.6 Å². The van der Waals surface area contributed by atoms with E-state index in [0.717, 1.165) is 12.1 Å². The fourth-order valence-electron chi connectivity index (χ4n) is 1.10. The van der Waals surface area contributed by atoms with E-state index in [1.807, 2.05) is 5.32 Å². The summed E-state index contributed by atoms with van der Waals surface area (Å²) in [7, 11) is 0.995. The van der Waals surface area contributed by atoms with Crippen molar-refractivity contribution in [1.29, 1.82) is 0 Å². The molecule has 0 aliphatic heterocycles. The average molecular weight is 318 g/mol. The second-order valence-corrected chi connectivity index (χ2v) is 6.13. The number of alkyl halides is 2. The van der Waals surface area contributed by atoms with Crippen molar-refractivity contribution in [2.24, 2.45) is 0 Å². The number of carbonyl (C=O) groups excluding carboxylic acids is 1. The van der Waals surface area contributed by atoms with Crippen molar-refractivity contribution in [1.82, 2.24) is 5.32 Å². The van der Waals surface area contributed by atoms with Gasteiger partial charge < -0.3 is 5.32 Å². The lowest BCUT2D eigenvalue weighted by Gasteiger charge is -2.06. The third kappa shape index (κ3) is 4.08. The zero-order valence-corrected chi connectivity index (χ0v) is 11.0. The van der Waals surface area contributed by atoms with Gasteiger partial charge in [0.15, 0.2) is 0 Å². The molecule has 1 N–H and O–H groups in total. The van der Waals surface area contributed by atoms with Crippen LogP contribution in [-0.4, -0.2) is 27.3 Å². The van der Waals surface area contributed by atoms with Crippen molar-refractivity contribution < 1.29 is 22.0 Å². The second-order valence-electron chi connectivity index (χ2n) is 3.18. The maximum atomic E-state index is 11.9. The van der Waals surface area contributed by atoms with E-state index < -0.39 is 32.8 Å². The highest BCUT2D eigenvalue weighted by Gasteiger charge is 2.18. The molecule has 0 bridgehead atoms. The van der Waals surface area contributed by atoms with Crippen LogP contribution in [0.1, 0.15) is 10.4 Å². The number of nitrogens with one attached hydrogen (secondary N) is 1. The topological polar surface area (TPSA) is 63.2 Å². The van der Waals surface area contributed by atoms with E-state index >= 15 is 0 Å². The molecule has 1 aromatic rings. The van der Waals surface area contributed by atoms with Gasteiger partial charge in [0.2, 0.25) is 0 Å². The van der Waals surface area contributed by atoms with Gasteiger partial charge >= 0.3 is 0 Å². The third-order valence-corrected chi connectivity index (χ3v) is 3.68. The molecule has 9 heteroatoms. The van der Waals surface area contributed by atoms with E-state index in [0.29, 0.717) is 0 Å². The third-order valence-electron chi connectivity index (χ3n) is 1.87. The maximum absolute atomic E-state index is 11.9. The van der Waals surface area contributed by atoms with Crippen LogP contribution in [0, 0.1) is 0 Å². The summed E-state index contributed by atoms with van der Waals surface area (Å²) in [6.45, 7) is -0.829. The standard InChI is InChI=1S/C9H7Cl2F2NO3S/c10-6-2-1-5(3-7(6)18(11,16)17)9(15)14-4-8(12)13/h1-3,8H,4H2,(H,14,15). The number of carbonyl (C=O) groups is 1. The quantitative estimate of drug-likeness (QED) is 0.866. The predicted molar refractivity (Wildman–Crippen MR) is 62.8 cm³/mol. The lowest BCUT2D eigenvalue weighted by Crippen LogP contribution is -2.28. The van der Waals surface area contributed by atoms with Gasteiger partial charge in [0.05, 0.1) is 11.6 Å².